The molecule has 0 atom stereocenters. The normalized spacial score (nSPS) is 16.5. The molecule has 0 aromatic heterocycles. The van der Waals surface area contributed by atoms with Crippen LogP contribution in [0.2, 0.25) is 0 Å². The number of rotatable bonds is 4. The zero-order valence-corrected chi connectivity index (χ0v) is 10.3. The van der Waals surface area contributed by atoms with Gasteiger partial charge in [-0.3, -0.25) is 9.59 Å². The molecule has 0 spiro atoms. The number of hydrogen-bond donors (Lipinski definition) is 3. The Bertz CT molecular complexity index is 527. The van der Waals surface area contributed by atoms with Gasteiger partial charge >= 0.3 is 5.97 Å². The van der Waals surface area contributed by atoms with E-state index >= 15 is 0 Å². The number of nitrogens with one attached hydrogen (secondary N) is 1. The number of aliphatic carboxylic acids is 1. The molecule has 1 aromatic rings. The smallest absolute Gasteiger partial charge is 0.311 e. The maximum atomic E-state index is 13.1. The SMILES string of the molecule is Nc1ccc(F)cc1C(=O)NCC1(C(=O)O)CCC1. The number of hydrogen-bond acceptors (Lipinski definition) is 3. The maximum absolute atomic E-state index is 13.1. The number of nitrogens with two attached hydrogens (primary N) is 1. The molecule has 2 rings (SSSR count). The van der Waals surface area contributed by atoms with Gasteiger partial charge in [-0.1, -0.05) is 6.42 Å². The van der Waals surface area contributed by atoms with Gasteiger partial charge in [0.05, 0.1) is 11.0 Å². The van der Waals surface area contributed by atoms with Crippen LogP contribution in [0.5, 0.6) is 0 Å². The van der Waals surface area contributed by atoms with Gasteiger partial charge in [-0.15, -0.1) is 0 Å². The topological polar surface area (TPSA) is 92.4 Å². The minimum absolute atomic E-state index is 0.0277. The van der Waals surface area contributed by atoms with Crippen molar-refractivity contribution < 1.29 is 19.1 Å². The first-order valence-corrected chi connectivity index (χ1v) is 6.01. The lowest BCUT2D eigenvalue weighted by molar-refractivity contribution is -0.153. The van der Waals surface area contributed by atoms with Gasteiger partial charge in [-0.2, -0.15) is 0 Å². The van der Waals surface area contributed by atoms with Crippen LogP contribution < -0.4 is 11.1 Å². The summed E-state index contributed by atoms with van der Waals surface area (Å²) in [6.07, 6.45) is 1.92. The molecule has 19 heavy (non-hydrogen) atoms. The van der Waals surface area contributed by atoms with Crippen molar-refractivity contribution in [3.05, 3.63) is 29.6 Å². The lowest BCUT2D eigenvalue weighted by Crippen LogP contribution is -2.47. The molecule has 1 aliphatic rings. The van der Waals surface area contributed by atoms with E-state index in [2.05, 4.69) is 5.32 Å². The summed E-state index contributed by atoms with van der Waals surface area (Å²) in [5.41, 5.74) is 4.91. The highest BCUT2D eigenvalue weighted by atomic mass is 19.1. The largest absolute Gasteiger partial charge is 0.481 e. The van der Waals surface area contributed by atoms with E-state index in [0.29, 0.717) is 12.8 Å². The quantitative estimate of drug-likeness (QED) is 0.718. The Morgan fingerprint density at radius 3 is 2.63 bits per heavy atom. The molecule has 1 saturated carbocycles. The molecule has 0 aliphatic heterocycles. The molecule has 1 fully saturated rings. The van der Waals surface area contributed by atoms with Gasteiger partial charge in [0.1, 0.15) is 5.82 Å². The third-order valence-electron chi connectivity index (χ3n) is 3.61. The van der Waals surface area contributed by atoms with Gasteiger partial charge in [-0.25, -0.2) is 4.39 Å². The van der Waals surface area contributed by atoms with Crippen molar-refractivity contribution in [1.82, 2.24) is 5.32 Å². The number of anilines is 1. The van der Waals surface area contributed by atoms with Crippen molar-refractivity contribution in [3.63, 3.8) is 0 Å². The highest BCUT2D eigenvalue weighted by molar-refractivity contribution is 5.99. The minimum Gasteiger partial charge on any atom is -0.481 e. The molecule has 0 saturated heterocycles. The van der Waals surface area contributed by atoms with Crippen molar-refractivity contribution in [3.8, 4) is 0 Å². The molecule has 0 radical (unpaired) electrons. The molecule has 0 heterocycles. The van der Waals surface area contributed by atoms with Crippen molar-refractivity contribution in [2.24, 2.45) is 5.41 Å². The Kier molecular flexibility index (Phi) is 3.42. The van der Waals surface area contributed by atoms with Crippen molar-refractivity contribution in [1.29, 1.82) is 0 Å². The second-order valence-corrected chi connectivity index (χ2v) is 4.85. The molecular weight excluding hydrogens is 251 g/mol. The second-order valence-electron chi connectivity index (χ2n) is 4.85. The Morgan fingerprint density at radius 2 is 2.11 bits per heavy atom. The summed E-state index contributed by atoms with van der Waals surface area (Å²) in [6, 6.07) is 3.51. The van der Waals surface area contributed by atoms with E-state index < -0.39 is 23.1 Å². The second kappa shape index (κ2) is 4.87. The average molecular weight is 266 g/mol. The number of nitrogen functional groups attached to an aromatic ring is 1. The number of carboxylic acids is 1. The molecule has 6 heteroatoms. The predicted octanol–water partition coefficient (Wildman–Crippen LogP) is 1.39. The Balaban J connectivity index is 2.05. The van der Waals surface area contributed by atoms with Crippen molar-refractivity contribution in [2.75, 3.05) is 12.3 Å². The molecule has 1 aliphatic carbocycles. The van der Waals surface area contributed by atoms with E-state index in [1.165, 1.54) is 6.07 Å². The lowest BCUT2D eigenvalue weighted by atomic mass is 9.69. The Hall–Kier alpha value is -2.11. The first-order chi connectivity index (χ1) is 8.94. The molecule has 102 valence electrons. The fraction of sp³-hybridized carbons (Fsp3) is 0.385. The van der Waals surface area contributed by atoms with Crippen LogP contribution in [0.15, 0.2) is 18.2 Å². The summed E-state index contributed by atoms with van der Waals surface area (Å²) in [7, 11) is 0. The zero-order valence-electron chi connectivity index (χ0n) is 10.3. The monoisotopic (exact) mass is 266 g/mol. The summed E-state index contributed by atoms with van der Waals surface area (Å²) in [6.45, 7) is 0.0388. The summed E-state index contributed by atoms with van der Waals surface area (Å²) < 4.78 is 13.1. The summed E-state index contributed by atoms with van der Waals surface area (Å²) in [4.78, 5) is 23.0. The Morgan fingerprint density at radius 1 is 1.42 bits per heavy atom. The van der Waals surface area contributed by atoms with E-state index in [4.69, 9.17) is 10.8 Å². The van der Waals surface area contributed by atoms with Gasteiger partial charge in [0.15, 0.2) is 0 Å². The van der Waals surface area contributed by atoms with Crippen LogP contribution in [0.4, 0.5) is 10.1 Å². The molecule has 1 amide bonds. The molecule has 0 bridgehead atoms. The summed E-state index contributed by atoms with van der Waals surface area (Å²) in [5, 5.41) is 11.7. The predicted molar refractivity (Wildman–Crippen MR) is 67.1 cm³/mol. The van der Waals surface area contributed by atoms with Crippen LogP contribution in [0, 0.1) is 11.2 Å². The number of carbonyl (C=O) groups excluding carboxylic acids is 1. The zero-order chi connectivity index (χ0) is 14.0. The van der Waals surface area contributed by atoms with Crippen molar-refractivity contribution in [2.45, 2.75) is 19.3 Å². The van der Waals surface area contributed by atoms with Crippen LogP contribution in [0.1, 0.15) is 29.6 Å². The molecule has 1 aromatic carbocycles. The standard InChI is InChI=1S/C13H15FN2O3/c14-8-2-3-10(15)9(6-8)11(17)16-7-13(12(18)19)4-1-5-13/h2-3,6H,1,4-5,7,15H2,(H,16,17)(H,18,19). The first-order valence-electron chi connectivity index (χ1n) is 6.01. The van der Waals surface area contributed by atoms with E-state index in [-0.39, 0.29) is 17.8 Å². The number of carboxylic acid groups (broad SMARTS) is 1. The Labute approximate surface area is 109 Å². The maximum Gasteiger partial charge on any atom is 0.311 e. The van der Waals surface area contributed by atoms with Gasteiger partial charge in [-0.05, 0) is 31.0 Å². The van der Waals surface area contributed by atoms with Gasteiger partial charge in [0, 0.05) is 12.2 Å². The van der Waals surface area contributed by atoms with Crippen molar-refractivity contribution >= 4 is 17.6 Å². The first kappa shape index (κ1) is 13.3. The van der Waals surface area contributed by atoms with Crippen LogP contribution in [0.25, 0.3) is 0 Å². The number of halogens is 1. The third-order valence-corrected chi connectivity index (χ3v) is 3.61. The van der Waals surface area contributed by atoms with E-state index in [1.54, 1.807) is 0 Å². The highest BCUT2D eigenvalue weighted by Gasteiger charge is 2.44. The van der Waals surface area contributed by atoms with Gasteiger partial charge < -0.3 is 16.2 Å². The average Bonchev–Trinajstić information content (AvgIpc) is 2.30. The van der Waals surface area contributed by atoms with Crippen LogP contribution >= 0.6 is 0 Å². The van der Waals surface area contributed by atoms with E-state index in [1.807, 2.05) is 0 Å². The summed E-state index contributed by atoms with van der Waals surface area (Å²) in [5.74, 6) is -2.02. The van der Waals surface area contributed by atoms with Crippen LogP contribution in [-0.4, -0.2) is 23.5 Å². The van der Waals surface area contributed by atoms with E-state index in [0.717, 1.165) is 18.6 Å². The number of benzene rings is 1. The van der Waals surface area contributed by atoms with Crippen LogP contribution in [-0.2, 0) is 4.79 Å². The van der Waals surface area contributed by atoms with Crippen LogP contribution in [0.3, 0.4) is 0 Å². The molecular formula is C13H15FN2O3. The van der Waals surface area contributed by atoms with Gasteiger partial charge in [0.25, 0.3) is 5.91 Å². The fourth-order valence-corrected chi connectivity index (χ4v) is 2.14. The number of amides is 1. The third kappa shape index (κ3) is 2.52. The fourth-order valence-electron chi connectivity index (χ4n) is 2.14. The van der Waals surface area contributed by atoms with E-state index in [9.17, 15) is 14.0 Å². The molecule has 4 N–H and O–H groups in total. The highest BCUT2D eigenvalue weighted by Crippen LogP contribution is 2.40. The number of carbonyl (C=O) groups is 2. The molecule has 0 unspecified atom stereocenters. The van der Waals surface area contributed by atoms with Gasteiger partial charge in [0.2, 0.25) is 0 Å². The minimum atomic E-state index is -0.911. The lowest BCUT2D eigenvalue weighted by Gasteiger charge is -2.37. The summed E-state index contributed by atoms with van der Waals surface area (Å²) >= 11 is 0. The molecule has 5 nitrogen and oxygen atoms in total.